The van der Waals surface area contributed by atoms with Gasteiger partial charge in [0.2, 0.25) is 17.8 Å². The van der Waals surface area contributed by atoms with Crippen molar-refractivity contribution < 1.29 is 14.3 Å². The van der Waals surface area contributed by atoms with Crippen LogP contribution >= 0.6 is 12.4 Å². The van der Waals surface area contributed by atoms with Crippen LogP contribution in [-0.4, -0.2) is 73.3 Å². The van der Waals surface area contributed by atoms with E-state index in [1.807, 2.05) is 12.1 Å². The van der Waals surface area contributed by atoms with Crippen LogP contribution in [0.25, 0.3) is 0 Å². The zero-order chi connectivity index (χ0) is 19.3. The quantitative estimate of drug-likeness (QED) is 0.728. The molecule has 0 radical (unpaired) electrons. The van der Waals surface area contributed by atoms with Crippen LogP contribution in [0.5, 0.6) is 0 Å². The number of anilines is 4. The van der Waals surface area contributed by atoms with Gasteiger partial charge in [-0.25, -0.2) is 0 Å². The molecule has 2 aliphatic heterocycles. The maximum absolute atomic E-state index is 11.7. The van der Waals surface area contributed by atoms with E-state index in [0.29, 0.717) is 49.8 Å². The van der Waals surface area contributed by atoms with E-state index in [1.165, 1.54) is 0 Å². The van der Waals surface area contributed by atoms with E-state index in [-0.39, 0.29) is 18.2 Å². The molecule has 0 atom stereocenters. The van der Waals surface area contributed by atoms with Crippen molar-refractivity contribution in [2.24, 2.45) is 0 Å². The number of nitrogens with zero attached hydrogens (tertiary/aromatic N) is 5. The first-order valence-electron chi connectivity index (χ1n) is 9.48. The molecule has 2 saturated heterocycles. The molecule has 156 valence electrons. The zero-order valence-electron chi connectivity index (χ0n) is 16.3. The Kier molecular flexibility index (Phi) is 7.18. The number of carbonyl (C=O) groups is 1. The predicted octanol–water partition coefficient (Wildman–Crippen LogP) is 1.91. The van der Waals surface area contributed by atoms with Crippen LogP contribution < -0.4 is 15.1 Å². The number of hydrogen-bond acceptors (Lipinski definition) is 9. The molecule has 1 aromatic heterocycles. The van der Waals surface area contributed by atoms with Crippen LogP contribution in [0.3, 0.4) is 0 Å². The number of halogens is 1. The molecule has 29 heavy (non-hydrogen) atoms. The fourth-order valence-corrected chi connectivity index (χ4v) is 3.16. The molecular formula is C19H25ClN6O3. The van der Waals surface area contributed by atoms with Crippen molar-refractivity contribution in [3.05, 3.63) is 29.8 Å². The van der Waals surface area contributed by atoms with Crippen LogP contribution in [-0.2, 0) is 9.47 Å². The lowest BCUT2D eigenvalue weighted by Crippen LogP contribution is -2.40. The van der Waals surface area contributed by atoms with Crippen LogP contribution in [0.15, 0.2) is 24.3 Å². The van der Waals surface area contributed by atoms with Gasteiger partial charge >= 0.3 is 0 Å². The number of hydrogen-bond donors (Lipinski definition) is 1. The summed E-state index contributed by atoms with van der Waals surface area (Å²) in [5.74, 6) is 1.73. The molecule has 0 bridgehead atoms. The number of rotatable bonds is 5. The van der Waals surface area contributed by atoms with Crippen LogP contribution in [0.4, 0.5) is 23.5 Å². The van der Waals surface area contributed by atoms with E-state index in [1.54, 1.807) is 19.1 Å². The fraction of sp³-hybridized carbons (Fsp3) is 0.474. The summed E-state index contributed by atoms with van der Waals surface area (Å²) >= 11 is 0. The van der Waals surface area contributed by atoms with E-state index in [9.17, 15) is 4.79 Å². The number of morpholine rings is 2. The summed E-state index contributed by atoms with van der Waals surface area (Å²) in [5.41, 5.74) is 1.40. The first-order chi connectivity index (χ1) is 13.7. The first kappa shape index (κ1) is 21.2. The molecule has 10 heteroatoms. The SMILES string of the molecule is CC(=O)c1cccc(Nc2nc(N3CCOCC3)nc(N3CCOCC3)n2)c1.Cl. The second-order valence-corrected chi connectivity index (χ2v) is 6.72. The van der Waals surface area contributed by atoms with Gasteiger partial charge in [0.25, 0.3) is 0 Å². The molecule has 4 rings (SSSR count). The van der Waals surface area contributed by atoms with Gasteiger partial charge in [-0.2, -0.15) is 15.0 Å². The second kappa shape index (κ2) is 9.82. The highest BCUT2D eigenvalue weighted by atomic mass is 35.5. The van der Waals surface area contributed by atoms with Crippen molar-refractivity contribution in [3.63, 3.8) is 0 Å². The van der Waals surface area contributed by atoms with Gasteiger partial charge in [0.1, 0.15) is 0 Å². The number of nitrogens with one attached hydrogen (secondary N) is 1. The highest BCUT2D eigenvalue weighted by Crippen LogP contribution is 2.22. The molecule has 9 nitrogen and oxygen atoms in total. The Morgan fingerprint density at radius 1 is 0.931 bits per heavy atom. The average molecular weight is 421 g/mol. The maximum Gasteiger partial charge on any atom is 0.233 e. The largest absolute Gasteiger partial charge is 0.378 e. The Morgan fingerprint density at radius 3 is 2.00 bits per heavy atom. The molecule has 0 saturated carbocycles. The number of ketones is 1. The summed E-state index contributed by atoms with van der Waals surface area (Å²) in [6.45, 7) is 7.14. The minimum Gasteiger partial charge on any atom is -0.378 e. The number of aromatic nitrogens is 3. The maximum atomic E-state index is 11.7. The normalized spacial score (nSPS) is 16.9. The number of carbonyl (C=O) groups excluding carboxylic acids is 1. The van der Waals surface area contributed by atoms with Gasteiger partial charge in [-0.1, -0.05) is 12.1 Å². The lowest BCUT2D eigenvalue weighted by Gasteiger charge is -2.30. The first-order valence-corrected chi connectivity index (χ1v) is 9.48. The van der Waals surface area contributed by atoms with Crippen LogP contribution in [0.1, 0.15) is 17.3 Å². The molecule has 2 fully saturated rings. The Bertz CT molecular complexity index is 804. The van der Waals surface area contributed by atoms with E-state index < -0.39 is 0 Å². The average Bonchev–Trinajstić information content (AvgIpc) is 2.75. The standard InChI is InChI=1S/C19H24N6O3.ClH/c1-14(26)15-3-2-4-16(13-15)20-17-21-18(24-5-9-27-10-6-24)23-19(22-17)25-7-11-28-12-8-25;/h2-4,13H,5-12H2,1H3,(H,20,21,22,23);1H. The van der Waals surface area contributed by atoms with E-state index in [0.717, 1.165) is 31.9 Å². The zero-order valence-corrected chi connectivity index (χ0v) is 17.2. The van der Waals surface area contributed by atoms with Crippen molar-refractivity contribution in [3.8, 4) is 0 Å². The van der Waals surface area contributed by atoms with Crippen LogP contribution in [0, 0.1) is 0 Å². The van der Waals surface area contributed by atoms with Gasteiger partial charge in [-0.05, 0) is 19.1 Å². The molecule has 3 heterocycles. The molecule has 1 N–H and O–H groups in total. The lowest BCUT2D eigenvalue weighted by atomic mass is 10.1. The van der Waals surface area contributed by atoms with Crippen molar-refractivity contribution >= 4 is 41.7 Å². The minimum atomic E-state index is 0. The van der Waals surface area contributed by atoms with Gasteiger partial charge in [-0.3, -0.25) is 4.79 Å². The third-order valence-electron chi connectivity index (χ3n) is 4.72. The summed E-state index contributed by atoms with van der Waals surface area (Å²) in [6.07, 6.45) is 0. The van der Waals surface area contributed by atoms with Crippen LogP contribution in [0.2, 0.25) is 0 Å². The van der Waals surface area contributed by atoms with Crippen molar-refractivity contribution in [1.29, 1.82) is 0 Å². The molecule has 0 unspecified atom stereocenters. The molecule has 0 spiro atoms. The van der Waals surface area contributed by atoms with Gasteiger partial charge in [0, 0.05) is 37.4 Å². The van der Waals surface area contributed by atoms with Crippen molar-refractivity contribution in [2.75, 3.05) is 67.7 Å². The van der Waals surface area contributed by atoms with Crippen molar-refractivity contribution in [1.82, 2.24) is 15.0 Å². The van der Waals surface area contributed by atoms with E-state index >= 15 is 0 Å². The van der Waals surface area contributed by atoms with Crippen molar-refractivity contribution in [2.45, 2.75) is 6.92 Å². The molecule has 1 aromatic carbocycles. The fourth-order valence-electron chi connectivity index (χ4n) is 3.16. The summed E-state index contributed by atoms with van der Waals surface area (Å²) in [4.78, 5) is 29.8. The second-order valence-electron chi connectivity index (χ2n) is 6.72. The molecule has 2 aromatic rings. The minimum absolute atomic E-state index is 0. The van der Waals surface area contributed by atoms with E-state index in [2.05, 4.69) is 25.1 Å². The highest BCUT2D eigenvalue weighted by molar-refractivity contribution is 5.95. The molecular weight excluding hydrogens is 396 g/mol. The summed E-state index contributed by atoms with van der Waals surface area (Å²) in [6, 6.07) is 7.32. The van der Waals surface area contributed by atoms with Gasteiger partial charge < -0.3 is 24.6 Å². The number of benzene rings is 1. The third-order valence-corrected chi connectivity index (χ3v) is 4.72. The Hall–Kier alpha value is -2.49. The predicted molar refractivity (Wildman–Crippen MR) is 113 cm³/mol. The monoisotopic (exact) mass is 420 g/mol. The molecule has 0 amide bonds. The number of ether oxygens (including phenoxy) is 2. The van der Waals surface area contributed by atoms with Gasteiger partial charge in [0.15, 0.2) is 5.78 Å². The van der Waals surface area contributed by atoms with Gasteiger partial charge in [0.05, 0.1) is 26.4 Å². The Labute approximate surface area is 175 Å². The highest BCUT2D eigenvalue weighted by Gasteiger charge is 2.20. The molecule has 2 aliphatic rings. The third kappa shape index (κ3) is 5.31. The Morgan fingerprint density at radius 2 is 1.48 bits per heavy atom. The summed E-state index contributed by atoms with van der Waals surface area (Å²) in [5, 5.41) is 3.23. The van der Waals surface area contributed by atoms with Gasteiger partial charge in [-0.15, -0.1) is 12.4 Å². The summed E-state index contributed by atoms with van der Waals surface area (Å²) < 4.78 is 10.9. The number of Topliss-reactive ketones (excluding diaryl/α,β-unsaturated/α-hetero) is 1. The smallest absolute Gasteiger partial charge is 0.233 e. The Balaban J connectivity index is 0.00000240. The molecule has 0 aliphatic carbocycles. The summed E-state index contributed by atoms with van der Waals surface area (Å²) in [7, 11) is 0. The van der Waals surface area contributed by atoms with E-state index in [4.69, 9.17) is 14.5 Å². The topological polar surface area (TPSA) is 92.7 Å². The lowest BCUT2D eigenvalue weighted by molar-refractivity contribution is 0.101.